The Morgan fingerprint density at radius 2 is 1.72 bits per heavy atom. The van der Waals surface area contributed by atoms with Crippen LogP contribution in [0.4, 0.5) is 5.69 Å². The van der Waals surface area contributed by atoms with Gasteiger partial charge in [-0.3, -0.25) is 0 Å². The van der Waals surface area contributed by atoms with Gasteiger partial charge in [0, 0.05) is 31.2 Å². The van der Waals surface area contributed by atoms with E-state index >= 15 is 0 Å². The molecule has 1 aliphatic heterocycles. The van der Waals surface area contributed by atoms with Crippen LogP contribution in [0, 0.1) is 18.3 Å². The maximum Gasteiger partial charge on any atom is 0.195 e. The van der Waals surface area contributed by atoms with Crippen LogP contribution < -0.4 is 10.1 Å². The molecule has 0 radical (unpaired) electrons. The molecule has 6 heteroatoms. The Hall–Kier alpha value is -3.98. The van der Waals surface area contributed by atoms with Crippen LogP contribution in [0.25, 0.3) is 11.1 Å². The second kappa shape index (κ2) is 14.2. The summed E-state index contributed by atoms with van der Waals surface area (Å²) in [7, 11) is 0. The molecule has 0 saturated carbocycles. The number of ether oxygens (including phenoxy) is 1. The second-order valence-electron chi connectivity index (χ2n) is 10.4. The Bertz CT molecular complexity index is 1270. The molecule has 0 aliphatic carbocycles. The standard InChI is InChI=1S/C33H41N5O/c1-8-10-19-33(37-38-33)20-21-39-31-17-13-29(14-18-31)28-11-15-30(16-12-28)36-32(27(9-2)22-24(3)4)35-26(7)34-23-25(5)6/h1,11-18,23-24,36H,5,9-10,19-22H2,2-4,6-7H3/b32-27+,34-23?,35-26?. The number of allylic oxidation sites excluding steroid dienone is 2. The van der Waals surface area contributed by atoms with Gasteiger partial charge in [0.1, 0.15) is 17.4 Å². The van der Waals surface area contributed by atoms with E-state index in [1.165, 1.54) is 5.57 Å². The first-order chi connectivity index (χ1) is 18.7. The van der Waals surface area contributed by atoms with E-state index in [2.05, 4.69) is 90.2 Å². The van der Waals surface area contributed by atoms with Gasteiger partial charge in [-0.1, -0.05) is 51.6 Å². The third-order valence-electron chi connectivity index (χ3n) is 6.32. The van der Waals surface area contributed by atoms with E-state index < -0.39 is 0 Å². The average molecular weight is 524 g/mol. The fourth-order valence-electron chi connectivity index (χ4n) is 4.12. The van der Waals surface area contributed by atoms with Gasteiger partial charge in [0.05, 0.1) is 6.61 Å². The quantitative estimate of drug-likeness (QED) is 0.153. The molecule has 0 saturated heterocycles. The molecule has 1 N–H and O–H groups in total. The number of benzene rings is 2. The number of anilines is 1. The van der Waals surface area contributed by atoms with Gasteiger partial charge in [-0.2, -0.15) is 10.2 Å². The van der Waals surface area contributed by atoms with Crippen LogP contribution in [0.5, 0.6) is 5.75 Å². The highest BCUT2D eigenvalue weighted by Gasteiger charge is 2.38. The van der Waals surface area contributed by atoms with E-state index in [4.69, 9.17) is 16.2 Å². The van der Waals surface area contributed by atoms with E-state index in [0.29, 0.717) is 24.8 Å². The Kier molecular flexibility index (Phi) is 10.8. The number of terminal acetylenes is 1. The predicted molar refractivity (Wildman–Crippen MR) is 164 cm³/mol. The molecule has 39 heavy (non-hydrogen) atoms. The lowest BCUT2D eigenvalue weighted by atomic mass is 10.0. The largest absolute Gasteiger partial charge is 0.493 e. The molecule has 2 aromatic rings. The van der Waals surface area contributed by atoms with Crippen molar-refractivity contribution in [3.63, 3.8) is 0 Å². The van der Waals surface area contributed by atoms with Gasteiger partial charge in [0.2, 0.25) is 0 Å². The zero-order chi connectivity index (χ0) is 28.3. The molecule has 6 nitrogen and oxygen atoms in total. The van der Waals surface area contributed by atoms with Crippen molar-refractivity contribution in [3.8, 4) is 29.2 Å². The van der Waals surface area contributed by atoms with E-state index in [1.54, 1.807) is 6.21 Å². The summed E-state index contributed by atoms with van der Waals surface area (Å²) >= 11 is 0. The molecule has 204 valence electrons. The van der Waals surface area contributed by atoms with Crippen molar-refractivity contribution in [2.75, 3.05) is 11.9 Å². The Morgan fingerprint density at radius 3 is 2.26 bits per heavy atom. The average Bonchev–Trinajstić information content (AvgIpc) is 3.69. The highest BCUT2D eigenvalue weighted by Crippen LogP contribution is 2.36. The Balaban J connectivity index is 1.66. The first-order valence-corrected chi connectivity index (χ1v) is 13.7. The van der Waals surface area contributed by atoms with E-state index in [9.17, 15) is 0 Å². The molecule has 2 aromatic carbocycles. The molecule has 0 bridgehead atoms. The summed E-state index contributed by atoms with van der Waals surface area (Å²) in [6, 6.07) is 16.6. The van der Waals surface area contributed by atoms with Crippen molar-refractivity contribution in [2.24, 2.45) is 26.1 Å². The van der Waals surface area contributed by atoms with Gasteiger partial charge in [0.25, 0.3) is 0 Å². The second-order valence-corrected chi connectivity index (χ2v) is 10.4. The van der Waals surface area contributed by atoms with Crippen molar-refractivity contribution < 1.29 is 4.74 Å². The zero-order valence-electron chi connectivity index (χ0n) is 24.0. The lowest BCUT2D eigenvalue weighted by Crippen LogP contribution is -2.15. The third kappa shape index (κ3) is 9.68. The minimum absolute atomic E-state index is 0.314. The van der Waals surface area contributed by atoms with E-state index in [1.807, 2.05) is 26.0 Å². The lowest BCUT2D eigenvalue weighted by molar-refractivity contribution is 0.283. The number of hydrogen-bond acceptors (Lipinski definition) is 5. The highest BCUT2D eigenvalue weighted by atomic mass is 16.5. The summed E-state index contributed by atoms with van der Waals surface area (Å²) in [5.74, 6) is 5.58. The van der Waals surface area contributed by atoms with Crippen LogP contribution in [0.1, 0.15) is 66.7 Å². The summed E-state index contributed by atoms with van der Waals surface area (Å²) in [6.45, 7) is 14.9. The maximum atomic E-state index is 5.92. The third-order valence-corrected chi connectivity index (χ3v) is 6.32. The Labute approximate surface area is 234 Å². The fourth-order valence-corrected chi connectivity index (χ4v) is 4.12. The number of hydrogen-bond donors (Lipinski definition) is 1. The molecule has 0 unspecified atom stereocenters. The molecule has 0 amide bonds. The first kappa shape index (κ1) is 29.6. The summed E-state index contributed by atoms with van der Waals surface area (Å²) in [6.07, 6.45) is 11.2. The number of aliphatic imine (C=N–C) groups is 2. The number of nitrogens with zero attached hydrogens (tertiary/aromatic N) is 4. The van der Waals surface area contributed by atoms with Crippen molar-refractivity contribution >= 4 is 17.7 Å². The van der Waals surface area contributed by atoms with Crippen molar-refractivity contribution in [1.29, 1.82) is 0 Å². The SMILES string of the molecule is C#CCCC1(CCOc2ccc(-c3ccc(N/C(N=C(C)N=CC(=C)C)=C(\CC)CC(C)C)cc3)cc2)N=N1. The summed E-state index contributed by atoms with van der Waals surface area (Å²) in [5, 5.41) is 11.9. The highest BCUT2D eigenvalue weighted by molar-refractivity contribution is 5.93. The molecule has 0 aromatic heterocycles. The van der Waals surface area contributed by atoms with Gasteiger partial charge < -0.3 is 10.1 Å². The minimum atomic E-state index is -0.314. The van der Waals surface area contributed by atoms with Crippen LogP contribution in [-0.2, 0) is 0 Å². The smallest absolute Gasteiger partial charge is 0.195 e. The molecule has 1 aliphatic rings. The number of amidine groups is 1. The fraction of sp³-hybridized carbons (Fsp3) is 0.394. The van der Waals surface area contributed by atoms with Gasteiger partial charge in [0.15, 0.2) is 5.66 Å². The molecule has 0 fully saturated rings. The molecule has 0 atom stereocenters. The Morgan fingerprint density at radius 1 is 1.08 bits per heavy atom. The van der Waals surface area contributed by atoms with E-state index in [-0.39, 0.29) is 5.66 Å². The van der Waals surface area contributed by atoms with Gasteiger partial charge in [-0.05, 0) is 79.1 Å². The zero-order valence-corrected chi connectivity index (χ0v) is 24.0. The number of nitrogens with one attached hydrogen (secondary N) is 1. The van der Waals surface area contributed by atoms with Gasteiger partial charge in [-0.15, -0.1) is 12.3 Å². The number of rotatable bonds is 14. The molecular formula is C33H41N5O. The normalized spacial score (nSPS) is 14.7. The topological polar surface area (TPSA) is 70.7 Å². The van der Waals surface area contributed by atoms with Gasteiger partial charge >= 0.3 is 0 Å². The van der Waals surface area contributed by atoms with Crippen LogP contribution >= 0.6 is 0 Å². The van der Waals surface area contributed by atoms with Gasteiger partial charge in [-0.25, -0.2) is 9.98 Å². The molecular weight excluding hydrogens is 482 g/mol. The monoisotopic (exact) mass is 523 g/mol. The molecule has 1 heterocycles. The summed E-state index contributed by atoms with van der Waals surface area (Å²) in [4.78, 5) is 9.26. The van der Waals surface area contributed by atoms with Crippen LogP contribution in [0.15, 0.2) is 92.3 Å². The predicted octanol–water partition coefficient (Wildman–Crippen LogP) is 8.84. The van der Waals surface area contributed by atoms with Crippen molar-refractivity contribution in [3.05, 3.63) is 72.1 Å². The van der Waals surface area contributed by atoms with Crippen LogP contribution in [-0.4, -0.2) is 24.3 Å². The molecule has 0 spiro atoms. The first-order valence-electron chi connectivity index (χ1n) is 13.7. The van der Waals surface area contributed by atoms with Crippen molar-refractivity contribution in [1.82, 2.24) is 0 Å². The lowest BCUT2D eigenvalue weighted by Gasteiger charge is -2.16. The summed E-state index contributed by atoms with van der Waals surface area (Å²) < 4.78 is 5.92. The van der Waals surface area contributed by atoms with E-state index in [0.717, 1.165) is 59.6 Å². The van der Waals surface area contributed by atoms with Crippen molar-refractivity contribution in [2.45, 2.75) is 72.4 Å². The van der Waals surface area contributed by atoms with Crippen LogP contribution in [0.3, 0.4) is 0 Å². The summed E-state index contributed by atoms with van der Waals surface area (Å²) in [5.41, 5.74) is 5.10. The van der Waals surface area contributed by atoms with Crippen LogP contribution in [0.2, 0.25) is 0 Å². The molecule has 3 rings (SSSR count). The maximum absolute atomic E-state index is 5.92. The minimum Gasteiger partial charge on any atom is -0.493 e.